The number of aromatic nitrogens is 1. The number of carbonyl (C=O) groups excluding carboxylic acids is 1. The summed E-state index contributed by atoms with van der Waals surface area (Å²) in [7, 11) is 0. The molecular weight excluding hydrogens is 317 g/mol. The molecule has 4 nitrogen and oxygen atoms in total. The van der Waals surface area contributed by atoms with Crippen LogP contribution in [0.1, 0.15) is 24.0 Å². The minimum atomic E-state index is -0.295. The van der Waals surface area contributed by atoms with Crippen molar-refractivity contribution >= 4 is 5.91 Å². The van der Waals surface area contributed by atoms with Crippen molar-refractivity contribution in [1.29, 1.82) is 0 Å². The number of benzene rings is 1. The summed E-state index contributed by atoms with van der Waals surface area (Å²) in [6, 6.07) is 11.1. The molecule has 2 aliphatic rings. The average Bonchev–Trinajstić information content (AvgIpc) is 3.15. The fourth-order valence-corrected chi connectivity index (χ4v) is 4.23. The molecule has 0 spiro atoms. The first kappa shape index (κ1) is 16.2. The number of nitrogens with one attached hydrogen (secondary N) is 1. The maximum atomic E-state index is 13.2. The number of rotatable bonds is 5. The van der Waals surface area contributed by atoms with Gasteiger partial charge in [-0.25, -0.2) is 4.39 Å². The maximum Gasteiger partial charge on any atom is 0.224 e. The van der Waals surface area contributed by atoms with Gasteiger partial charge in [-0.15, -0.1) is 0 Å². The van der Waals surface area contributed by atoms with E-state index in [4.69, 9.17) is 0 Å². The van der Waals surface area contributed by atoms with E-state index < -0.39 is 0 Å². The molecule has 5 heteroatoms. The van der Waals surface area contributed by atoms with Crippen LogP contribution in [0, 0.1) is 11.7 Å². The molecular formula is C20H22FN3O. The molecule has 1 aliphatic heterocycles. The third-order valence-corrected chi connectivity index (χ3v) is 5.36. The fourth-order valence-electron chi connectivity index (χ4n) is 4.23. The molecule has 1 saturated carbocycles. The summed E-state index contributed by atoms with van der Waals surface area (Å²) >= 11 is 0. The summed E-state index contributed by atoms with van der Waals surface area (Å²) in [6.07, 6.45) is 6.10. The van der Waals surface area contributed by atoms with Gasteiger partial charge in [0.15, 0.2) is 0 Å². The summed E-state index contributed by atoms with van der Waals surface area (Å²) in [5.41, 5.74) is 1.96. The van der Waals surface area contributed by atoms with Gasteiger partial charge in [-0.3, -0.25) is 14.7 Å². The van der Waals surface area contributed by atoms with Crippen molar-refractivity contribution in [2.75, 3.05) is 6.54 Å². The first-order valence-corrected chi connectivity index (χ1v) is 8.84. The zero-order valence-corrected chi connectivity index (χ0v) is 14.1. The molecule has 1 aromatic heterocycles. The molecule has 25 heavy (non-hydrogen) atoms. The highest BCUT2D eigenvalue weighted by molar-refractivity contribution is 5.79. The lowest BCUT2D eigenvalue weighted by molar-refractivity contribution is -0.121. The first-order valence-electron chi connectivity index (χ1n) is 8.84. The molecule has 130 valence electrons. The predicted molar refractivity (Wildman–Crippen MR) is 93.2 cm³/mol. The maximum absolute atomic E-state index is 13.2. The minimum Gasteiger partial charge on any atom is -0.353 e. The SMILES string of the molecule is O=C(Cc1cccc(F)c1)NC1CC2CC1CN2Cc1cccnc1. The minimum absolute atomic E-state index is 0.0121. The number of hydrogen-bond acceptors (Lipinski definition) is 3. The summed E-state index contributed by atoms with van der Waals surface area (Å²) in [6.45, 7) is 1.95. The predicted octanol–water partition coefficient (Wildman–Crippen LogP) is 2.54. The number of halogens is 1. The van der Waals surface area contributed by atoms with Crippen LogP contribution in [-0.2, 0) is 17.8 Å². The molecule has 2 fully saturated rings. The number of fused-ring (bicyclic) bond motifs is 2. The van der Waals surface area contributed by atoms with Gasteiger partial charge >= 0.3 is 0 Å². The van der Waals surface area contributed by atoms with Crippen molar-refractivity contribution in [3.8, 4) is 0 Å². The van der Waals surface area contributed by atoms with Crippen LogP contribution in [-0.4, -0.2) is 34.4 Å². The second-order valence-corrected chi connectivity index (χ2v) is 7.16. The van der Waals surface area contributed by atoms with E-state index in [2.05, 4.69) is 21.3 Å². The number of carbonyl (C=O) groups is 1. The van der Waals surface area contributed by atoms with E-state index in [0.29, 0.717) is 12.0 Å². The van der Waals surface area contributed by atoms with Crippen molar-refractivity contribution in [3.63, 3.8) is 0 Å². The van der Waals surface area contributed by atoms with Crippen molar-refractivity contribution in [2.45, 2.75) is 37.9 Å². The molecule has 1 aliphatic carbocycles. The summed E-state index contributed by atoms with van der Waals surface area (Å²) in [4.78, 5) is 18.9. The van der Waals surface area contributed by atoms with Crippen LogP contribution in [0.5, 0.6) is 0 Å². The topological polar surface area (TPSA) is 45.2 Å². The summed E-state index contributed by atoms with van der Waals surface area (Å²) in [5, 5.41) is 3.16. The van der Waals surface area contributed by atoms with E-state index in [1.54, 1.807) is 18.3 Å². The molecule has 1 amide bonds. The Morgan fingerprint density at radius 2 is 2.12 bits per heavy atom. The second-order valence-electron chi connectivity index (χ2n) is 7.16. The molecule has 1 aromatic carbocycles. The number of amides is 1. The number of hydrogen-bond donors (Lipinski definition) is 1. The Balaban J connectivity index is 1.30. The molecule has 1 saturated heterocycles. The van der Waals surface area contributed by atoms with Gasteiger partial charge in [-0.05, 0) is 48.1 Å². The average molecular weight is 339 g/mol. The lowest BCUT2D eigenvalue weighted by atomic mass is 10.0. The molecule has 2 heterocycles. The number of piperidine rings is 1. The lowest BCUT2D eigenvalue weighted by Crippen LogP contribution is -2.46. The molecule has 3 unspecified atom stereocenters. The van der Waals surface area contributed by atoms with Crippen molar-refractivity contribution in [2.24, 2.45) is 5.92 Å². The number of nitrogens with zero attached hydrogens (tertiary/aromatic N) is 2. The Hall–Kier alpha value is -2.27. The van der Waals surface area contributed by atoms with Crippen molar-refractivity contribution in [3.05, 3.63) is 65.7 Å². The Morgan fingerprint density at radius 3 is 2.84 bits per heavy atom. The van der Waals surface area contributed by atoms with E-state index >= 15 is 0 Å². The second kappa shape index (κ2) is 6.92. The largest absolute Gasteiger partial charge is 0.353 e. The third-order valence-electron chi connectivity index (χ3n) is 5.36. The van der Waals surface area contributed by atoms with Crippen LogP contribution < -0.4 is 5.32 Å². The Bertz CT molecular complexity index is 752. The smallest absolute Gasteiger partial charge is 0.224 e. The Kier molecular flexibility index (Phi) is 4.49. The zero-order chi connectivity index (χ0) is 17.2. The highest BCUT2D eigenvalue weighted by atomic mass is 19.1. The number of pyridine rings is 1. The van der Waals surface area contributed by atoms with Crippen LogP contribution in [0.15, 0.2) is 48.8 Å². The van der Waals surface area contributed by atoms with Crippen LogP contribution in [0.4, 0.5) is 4.39 Å². The van der Waals surface area contributed by atoms with Crippen LogP contribution >= 0.6 is 0 Å². The summed E-state index contributed by atoms with van der Waals surface area (Å²) in [5.74, 6) is 0.205. The Labute approximate surface area is 147 Å². The Morgan fingerprint density at radius 1 is 1.24 bits per heavy atom. The van der Waals surface area contributed by atoms with E-state index in [1.165, 1.54) is 17.7 Å². The van der Waals surface area contributed by atoms with Crippen LogP contribution in [0.2, 0.25) is 0 Å². The lowest BCUT2D eigenvalue weighted by Gasteiger charge is -2.32. The molecule has 3 atom stereocenters. The van der Waals surface area contributed by atoms with Gasteiger partial charge in [-0.2, -0.15) is 0 Å². The molecule has 0 radical (unpaired) electrons. The van der Waals surface area contributed by atoms with Crippen molar-refractivity contribution in [1.82, 2.24) is 15.2 Å². The van der Waals surface area contributed by atoms with Gasteiger partial charge in [0.05, 0.1) is 6.42 Å². The van der Waals surface area contributed by atoms with E-state index in [1.807, 2.05) is 12.3 Å². The van der Waals surface area contributed by atoms with Crippen molar-refractivity contribution < 1.29 is 9.18 Å². The molecule has 4 rings (SSSR count). The monoisotopic (exact) mass is 339 g/mol. The zero-order valence-electron chi connectivity index (χ0n) is 14.1. The van der Waals surface area contributed by atoms with Gasteiger partial charge in [0, 0.05) is 37.6 Å². The van der Waals surface area contributed by atoms with Crippen LogP contribution in [0.25, 0.3) is 0 Å². The highest BCUT2D eigenvalue weighted by Gasteiger charge is 2.44. The van der Waals surface area contributed by atoms with Gasteiger partial charge in [0.1, 0.15) is 5.82 Å². The quantitative estimate of drug-likeness (QED) is 0.910. The summed E-state index contributed by atoms with van der Waals surface area (Å²) < 4.78 is 13.2. The van der Waals surface area contributed by atoms with E-state index in [9.17, 15) is 9.18 Å². The first-order chi connectivity index (χ1) is 12.2. The van der Waals surface area contributed by atoms with Crippen LogP contribution in [0.3, 0.4) is 0 Å². The fraction of sp³-hybridized carbons (Fsp3) is 0.400. The third kappa shape index (κ3) is 3.71. The highest BCUT2D eigenvalue weighted by Crippen LogP contribution is 2.38. The molecule has 2 bridgehead atoms. The van der Waals surface area contributed by atoms with E-state index in [-0.39, 0.29) is 24.2 Å². The molecule has 1 N–H and O–H groups in total. The van der Waals surface area contributed by atoms with Gasteiger partial charge in [-0.1, -0.05) is 18.2 Å². The standard InChI is InChI=1S/C20H22FN3O/c21-17-5-1-3-14(7-17)8-20(25)23-19-10-18-9-16(19)13-24(18)12-15-4-2-6-22-11-15/h1-7,11,16,18-19H,8-10,12-13H2,(H,23,25). The van der Waals surface area contributed by atoms with Gasteiger partial charge in [0.2, 0.25) is 5.91 Å². The van der Waals surface area contributed by atoms with Gasteiger partial charge < -0.3 is 5.32 Å². The van der Waals surface area contributed by atoms with E-state index in [0.717, 1.165) is 31.5 Å². The molecule has 2 aromatic rings. The number of likely N-dealkylation sites (tertiary alicyclic amines) is 1. The normalized spacial score (nSPS) is 25.2. The van der Waals surface area contributed by atoms with Gasteiger partial charge in [0.25, 0.3) is 0 Å².